The maximum Gasteiger partial charge on any atom is 0.333 e. The molecule has 0 aliphatic heterocycles. The molecule has 1 unspecified atom stereocenters. The lowest BCUT2D eigenvalue weighted by Crippen LogP contribution is -2.51. The van der Waals surface area contributed by atoms with Gasteiger partial charge >= 0.3 is 5.97 Å². The molecular weight excluding hydrogens is 230 g/mol. The minimum Gasteiger partial charge on any atom is -0.458 e. The molecule has 1 aromatic rings. The summed E-state index contributed by atoms with van der Waals surface area (Å²) in [6.45, 7) is 5.50. The highest BCUT2D eigenvalue weighted by molar-refractivity contribution is 5.83. The normalized spacial score (nSPS) is 14.9. The first-order valence-corrected chi connectivity index (χ1v) is 5.86. The molecule has 0 radical (unpaired) electrons. The molecule has 0 amide bonds. The Kier molecular flexibility index (Phi) is 4.48. The first kappa shape index (κ1) is 14.7. The summed E-state index contributed by atoms with van der Waals surface area (Å²) in [6.07, 6.45) is 0. The molecule has 0 heterocycles. The highest BCUT2D eigenvalue weighted by Crippen LogP contribution is 2.23. The second-order valence-electron chi connectivity index (χ2n) is 5.27. The van der Waals surface area contributed by atoms with Gasteiger partial charge in [0.05, 0.1) is 6.61 Å². The fourth-order valence-corrected chi connectivity index (χ4v) is 1.59. The van der Waals surface area contributed by atoms with E-state index in [1.165, 1.54) is 7.11 Å². The number of benzene rings is 1. The molecule has 0 aliphatic carbocycles. The summed E-state index contributed by atoms with van der Waals surface area (Å²) >= 11 is 0. The van der Waals surface area contributed by atoms with Crippen molar-refractivity contribution in [1.29, 1.82) is 0 Å². The van der Waals surface area contributed by atoms with E-state index in [1.54, 1.807) is 12.1 Å². The van der Waals surface area contributed by atoms with E-state index in [0.29, 0.717) is 5.56 Å². The monoisotopic (exact) mass is 251 g/mol. The minimum atomic E-state index is -1.27. The Morgan fingerprint density at radius 3 is 2.22 bits per heavy atom. The van der Waals surface area contributed by atoms with Crippen molar-refractivity contribution in [2.24, 2.45) is 5.73 Å². The molecule has 4 heteroatoms. The third-order valence-electron chi connectivity index (χ3n) is 2.42. The summed E-state index contributed by atoms with van der Waals surface area (Å²) in [5, 5.41) is 0. The van der Waals surface area contributed by atoms with E-state index in [9.17, 15) is 4.79 Å². The molecule has 0 aromatic heterocycles. The number of esters is 1. The largest absolute Gasteiger partial charge is 0.458 e. The zero-order valence-electron chi connectivity index (χ0n) is 11.4. The number of carbonyl (C=O) groups is 1. The number of ether oxygens (including phenoxy) is 2. The molecule has 1 rings (SSSR count). The molecule has 0 fully saturated rings. The summed E-state index contributed by atoms with van der Waals surface area (Å²) in [7, 11) is 1.51. The molecule has 0 saturated heterocycles. The number of rotatable bonds is 4. The van der Waals surface area contributed by atoms with Gasteiger partial charge in [0.1, 0.15) is 5.60 Å². The SMILES string of the molecule is COCC(N)(C(=O)OC(C)(C)C)c1ccccc1. The molecule has 0 spiro atoms. The predicted molar refractivity (Wildman–Crippen MR) is 70.0 cm³/mol. The van der Waals surface area contributed by atoms with Gasteiger partial charge in [-0.05, 0) is 26.3 Å². The van der Waals surface area contributed by atoms with E-state index < -0.39 is 17.1 Å². The zero-order chi connectivity index (χ0) is 13.8. The average Bonchev–Trinajstić information content (AvgIpc) is 2.28. The number of nitrogens with two attached hydrogens (primary N) is 1. The van der Waals surface area contributed by atoms with Crippen molar-refractivity contribution in [1.82, 2.24) is 0 Å². The van der Waals surface area contributed by atoms with Crippen LogP contribution in [-0.2, 0) is 19.8 Å². The lowest BCUT2D eigenvalue weighted by molar-refractivity contribution is -0.164. The number of methoxy groups -OCH3 is 1. The molecule has 1 atom stereocenters. The highest BCUT2D eigenvalue weighted by Gasteiger charge is 2.39. The van der Waals surface area contributed by atoms with Crippen LogP contribution in [0.4, 0.5) is 0 Å². The molecule has 100 valence electrons. The van der Waals surface area contributed by atoms with Crippen molar-refractivity contribution in [3.8, 4) is 0 Å². The van der Waals surface area contributed by atoms with Crippen molar-refractivity contribution in [2.75, 3.05) is 13.7 Å². The molecule has 18 heavy (non-hydrogen) atoms. The van der Waals surface area contributed by atoms with Crippen LogP contribution in [0.5, 0.6) is 0 Å². The fraction of sp³-hybridized carbons (Fsp3) is 0.500. The standard InChI is InChI=1S/C14H21NO3/c1-13(2,3)18-12(16)14(15,10-17-4)11-8-6-5-7-9-11/h5-9H,10,15H2,1-4H3. The second kappa shape index (κ2) is 5.50. The van der Waals surface area contributed by atoms with E-state index in [1.807, 2.05) is 39.0 Å². The van der Waals surface area contributed by atoms with Crippen molar-refractivity contribution in [2.45, 2.75) is 31.9 Å². The van der Waals surface area contributed by atoms with E-state index in [0.717, 1.165) is 0 Å². The van der Waals surface area contributed by atoms with Gasteiger partial charge in [-0.1, -0.05) is 30.3 Å². The van der Waals surface area contributed by atoms with E-state index in [-0.39, 0.29) is 6.61 Å². The molecular formula is C14H21NO3. The summed E-state index contributed by atoms with van der Waals surface area (Å²) in [5.74, 6) is -0.483. The van der Waals surface area contributed by atoms with Gasteiger partial charge in [-0.15, -0.1) is 0 Å². The predicted octanol–water partition coefficient (Wildman–Crippen LogP) is 1.83. The molecule has 1 aromatic carbocycles. The van der Waals surface area contributed by atoms with Gasteiger partial charge in [-0.2, -0.15) is 0 Å². The molecule has 2 N–H and O–H groups in total. The summed E-state index contributed by atoms with van der Waals surface area (Å²) < 4.78 is 10.4. The number of carbonyl (C=O) groups excluding carboxylic acids is 1. The van der Waals surface area contributed by atoms with Gasteiger partial charge < -0.3 is 15.2 Å². The highest BCUT2D eigenvalue weighted by atomic mass is 16.6. The second-order valence-corrected chi connectivity index (χ2v) is 5.27. The summed E-state index contributed by atoms with van der Waals surface area (Å²) in [5.41, 5.74) is 5.01. The van der Waals surface area contributed by atoms with Crippen LogP contribution in [0, 0.1) is 0 Å². The average molecular weight is 251 g/mol. The Bertz CT molecular complexity index is 397. The Morgan fingerprint density at radius 1 is 1.22 bits per heavy atom. The number of hydrogen-bond acceptors (Lipinski definition) is 4. The van der Waals surface area contributed by atoms with Crippen LogP contribution in [-0.4, -0.2) is 25.3 Å². The lowest BCUT2D eigenvalue weighted by Gasteiger charge is -2.31. The molecule has 4 nitrogen and oxygen atoms in total. The van der Waals surface area contributed by atoms with Gasteiger partial charge in [-0.3, -0.25) is 0 Å². The summed E-state index contributed by atoms with van der Waals surface area (Å²) in [6, 6.07) is 9.12. The summed E-state index contributed by atoms with van der Waals surface area (Å²) in [4.78, 5) is 12.2. The van der Waals surface area contributed by atoms with E-state index >= 15 is 0 Å². The minimum absolute atomic E-state index is 0.0753. The van der Waals surface area contributed by atoms with Crippen LogP contribution >= 0.6 is 0 Å². The third-order valence-corrected chi connectivity index (χ3v) is 2.42. The van der Waals surface area contributed by atoms with Crippen LogP contribution in [0.3, 0.4) is 0 Å². The third kappa shape index (κ3) is 3.55. The van der Waals surface area contributed by atoms with Crippen LogP contribution < -0.4 is 5.73 Å². The Hall–Kier alpha value is -1.39. The quantitative estimate of drug-likeness (QED) is 0.829. The van der Waals surface area contributed by atoms with Crippen molar-refractivity contribution >= 4 is 5.97 Å². The van der Waals surface area contributed by atoms with Gasteiger partial charge in [0.25, 0.3) is 0 Å². The number of hydrogen-bond donors (Lipinski definition) is 1. The Labute approximate surface area is 108 Å². The molecule has 0 aliphatic rings. The fourth-order valence-electron chi connectivity index (χ4n) is 1.59. The van der Waals surface area contributed by atoms with Gasteiger partial charge in [0.2, 0.25) is 0 Å². The molecule has 0 bridgehead atoms. The van der Waals surface area contributed by atoms with Crippen LogP contribution in [0.2, 0.25) is 0 Å². The van der Waals surface area contributed by atoms with Gasteiger partial charge in [0, 0.05) is 7.11 Å². The lowest BCUT2D eigenvalue weighted by atomic mass is 9.91. The first-order chi connectivity index (χ1) is 8.29. The van der Waals surface area contributed by atoms with Crippen molar-refractivity contribution in [3.63, 3.8) is 0 Å². The maximum atomic E-state index is 12.2. The Morgan fingerprint density at radius 2 is 1.78 bits per heavy atom. The molecule has 0 saturated carbocycles. The van der Waals surface area contributed by atoms with Crippen LogP contribution in [0.15, 0.2) is 30.3 Å². The van der Waals surface area contributed by atoms with Crippen LogP contribution in [0.25, 0.3) is 0 Å². The smallest absolute Gasteiger partial charge is 0.333 e. The van der Waals surface area contributed by atoms with E-state index in [2.05, 4.69) is 0 Å². The van der Waals surface area contributed by atoms with E-state index in [4.69, 9.17) is 15.2 Å². The first-order valence-electron chi connectivity index (χ1n) is 5.86. The van der Waals surface area contributed by atoms with Crippen LogP contribution in [0.1, 0.15) is 26.3 Å². The van der Waals surface area contributed by atoms with Gasteiger partial charge in [-0.25, -0.2) is 4.79 Å². The van der Waals surface area contributed by atoms with Crippen molar-refractivity contribution in [3.05, 3.63) is 35.9 Å². The van der Waals surface area contributed by atoms with Gasteiger partial charge in [0.15, 0.2) is 5.54 Å². The Balaban J connectivity index is 3.04. The zero-order valence-corrected chi connectivity index (χ0v) is 11.4. The maximum absolute atomic E-state index is 12.2. The topological polar surface area (TPSA) is 61.5 Å². The van der Waals surface area contributed by atoms with Crippen molar-refractivity contribution < 1.29 is 14.3 Å².